The van der Waals surface area contributed by atoms with Crippen molar-refractivity contribution < 1.29 is 14.3 Å². The molecule has 0 radical (unpaired) electrons. The van der Waals surface area contributed by atoms with Crippen molar-refractivity contribution in [2.45, 2.75) is 20.1 Å². The van der Waals surface area contributed by atoms with Gasteiger partial charge in [0.25, 0.3) is 5.91 Å². The Labute approximate surface area is 150 Å². The second-order valence-electron chi connectivity index (χ2n) is 5.48. The number of ether oxygens (including phenoxy) is 2. The molecule has 0 aliphatic carbocycles. The Morgan fingerprint density at radius 1 is 1.08 bits per heavy atom. The third kappa shape index (κ3) is 4.58. The van der Waals surface area contributed by atoms with E-state index in [9.17, 15) is 4.79 Å². The minimum atomic E-state index is -0.513. The van der Waals surface area contributed by atoms with Crippen molar-refractivity contribution in [2.24, 2.45) is 5.73 Å². The maximum atomic E-state index is 11.4. The predicted molar refractivity (Wildman–Crippen MR) is 96.9 cm³/mol. The topological polar surface area (TPSA) is 74.4 Å². The van der Waals surface area contributed by atoms with E-state index < -0.39 is 5.91 Å². The summed E-state index contributed by atoms with van der Waals surface area (Å²) in [5.74, 6) is 0.760. The first-order valence-corrected chi connectivity index (χ1v) is 8.64. The number of aromatic nitrogens is 1. The summed E-state index contributed by atoms with van der Waals surface area (Å²) < 4.78 is 11.4. The summed E-state index contributed by atoms with van der Waals surface area (Å²) in [6, 6.07) is 14.8. The summed E-state index contributed by atoms with van der Waals surface area (Å²) in [6.07, 6.45) is 0. The number of amides is 1. The molecule has 1 amide bonds. The second kappa shape index (κ2) is 7.81. The molecule has 0 aliphatic heterocycles. The quantitative estimate of drug-likeness (QED) is 0.702. The summed E-state index contributed by atoms with van der Waals surface area (Å²) in [5.41, 5.74) is 7.68. The van der Waals surface area contributed by atoms with E-state index in [1.165, 1.54) is 16.9 Å². The number of para-hydroxylation sites is 1. The fraction of sp³-hybridized carbons (Fsp3) is 0.158. The number of nitrogens with zero attached hydrogens (tertiary/aromatic N) is 1. The van der Waals surface area contributed by atoms with E-state index in [-0.39, 0.29) is 6.61 Å². The van der Waals surface area contributed by atoms with Crippen LogP contribution in [0.4, 0.5) is 0 Å². The molecule has 1 heterocycles. The van der Waals surface area contributed by atoms with E-state index in [0.29, 0.717) is 17.9 Å². The smallest absolute Gasteiger partial charge is 0.252 e. The summed E-state index contributed by atoms with van der Waals surface area (Å²) >= 11 is 1.51. The molecule has 0 fully saturated rings. The van der Waals surface area contributed by atoms with Crippen LogP contribution in [0.25, 0.3) is 0 Å². The molecule has 5 nitrogen and oxygen atoms in total. The highest BCUT2D eigenvalue weighted by Gasteiger charge is 2.10. The van der Waals surface area contributed by atoms with Gasteiger partial charge in [0.05, 0.1) is 11.3 Å². The molecule has 2 aromatic carbocycles. The standard InChI is InChI=1S/C19H18N2O3S/c1-13-6-8-15(9-7-13)23-11-18-21-14(12-25-18)10-24-17-5-3-2-4-16(17)19(20)22/h2-9,12H,10-11H2,1H3,(H2,20,22). The van der Waals surface area contributed by atoms with Crippen molar-refractivity contribution in [3.05, 3.63) is 75.7 Å². The highest BCUT2D eigenvalue weighted by molar-refractivity contribution is 7.09. The van der Waals surface area contributed by atoms with Gasteiger partial charge in [0.2, 0.25) is 0 Å². The molecule has 6 heteroatoms. The number of carbonyl (C=O) groups is 1. The SMILES string of the molecule is Cc1ccc(OCc2nc(COc3ccccc3C(N)=O)cs2)cc1. The maximum Gasteiger partial charge on any atom is 0.252 e. The number of hydrogen-bond donors (Lipinski definition) is 1. The Morgan fingerprint density at radius 2 is 1.84 bits per heavy atom. The number of rotatable bonds is 7. The van der Waals surface area contributed by atoms with Crippen LogP contribution in [-0.2, 0) is 13.2 Å². The van der Waals surface area contributed by atoms with Gasteiger partial charge in [0, 0.05) is 5.38 Å². The molecular formula is C19H18N2O3S. The summed E-state index contributed by atoms with van der Waals surface area (Å²) in [5, 5.41) is 2.78. The van der Waals surface area contributed by atoms with Gasteiger partial charge >= 0.3 is 0 Å². The third-order valence-corrected chi connectivity index (χ3v) is 4.38. The maximum absolute atomic E-state index is 11.4. The van der Waals surface area contributed by atoms with Crippen LogP contribution in [0.1, 0.15) is 26.6 Å². The molecule has 0 unspecified atom stereocenters. The molecule has 0 saturated carbocycles. The molecule has 0 saturated heterocycles. The lowest BCUT2D eigenvalue weighted by Gasteiger charge is -2.07. The summed E-state index contributed by atoms with van der Waals surface area (Å²) in [7, 11) is 0. The molecule has 3 aromatic rings. The minimum absolute atomic E-state index is 0.269. The lowest BCUT2D eigenvalue weighted by molar-refractivity contribution is 0.0996. The number of nitrogens with two attached hydrogens (primary N) is 1. The molecule has 128 valence electrons. The molecule has 0 atom stereocenters. The van der Waals surface area contributed by atoms with Crippen molar-refractivity contribution in [1.82, 2.24) is 4.98 Å². The lowest BCUT2D eigenvalue weighted by Crippen LogP contribution is -2.13. The van der Waals surface area contributed by atoms with Crippen LogP contribution >= 0.6 is 11.3 Å². The van der Waals surface area contributed by atoms with E-state index >= 15 is 0 Å². The zero-order chi connectivity index (χ0) is 17.6. The number of primary amides is 1. The zero-order valence-electron chi connectivity index (χ0n) is 13.8. The van der Waals surface area contributed by atoms with Crippen LogP contribution in [0.2, 0.25) is 0 Å². The van der Waals surface area contributed by atoms with Crippen molar-refractivity contribution in [1.29, 1.82) is 0 Å². The fourth-order valence-corrected chi connectivity index (χ4v) is 2.90. The first kappa shape index (κ1) is 17.0. The Kier molecular flexibility index (Phi) is 5.30. The molecule has 2 N–H and O–H groups in total. The van der Waals surface area contributed by atoms with Crippen molar-refractivity contribution in [3.8, 4) is 11.5 Å². The molecule has 3 rings (SSSR count). The first-order valence-electron chi connectivity index (χ1n) is 7.76. The monoisotopic (exact) mass is 354 g/mol. The molecule has 0 bridgehead atoms. The van der Waals surface area contributed by atoms with E-state index in [1.54, 1.807) is 24.3 Å². The Bertz CT molecular complexity index is 859. The highest BCUT2D eigenvalue weighted by Crippen LogP contribution is 2.20. The van der Waals surface area contributed by atoms with Crippen LogP contribution < -0.4 is 15.2 Å². The van der Waals surface area contributed by atoms with Gasteiger partial charge in [-0.2, -0.15) is 0 Å². The number of carbonyl (C=O) groups excluding carboxylic acids is 1. The van der Waals surface area contributed by atoms with Gasteiger partial charge in [-0.1, -0.05) is 29.8 Å². The van der Waals surface area contributed by atoms with Gasteiger partial charge < -0.3 is 15.2 Å². The summed E-state index contributed by atoms with van der Waals surface area (Å²) in [4.78, 5) is 15.9. The van der Waals surface area contributed by atoms with Gasteiger partial charge in [-0.05, 0) is 31.2 Å². The van der Waals surface area contributed by atoms with Crippen LogP contribution in [0, 0.1) is 6.92 Å². The minimum Gasteiger partial charge on any atom is -0.486 e. The zero-order valence-corrected chi connectivity index (χ0v) is 14.6. The van der Waals surface area contributed by atoms with Crippen LogP contribution in [-0.4, -0.2) is 10.9 Å². The number of benzene rings is 2. The first-order chi connectivity index (χ1) is 12.1. The Morgan fingerprint density at radius 3 is 2.60 bits per heavy atom. The van der Waals surface area contributed by atoms with E-state index in [1.807, 2.05) is 36.6 Å². The van der Waals surface area contributed by atoms with Crippen LogP contribution in [0.15, 0.2) is 53.9 Å². The molecule has 25 heavy (non-hydrogen) atoms. The van der Waals surface area contributed by atoms with Gasteiger partial charge in [0.1, 0.15) is 29.7 Å². The fourth-order valence-electron chi connectivity index (χ4n) is 2.21. The molecule has 0 aliphatic rings. The van der Waals surface area contributed by atoms with Gasteiger partial charge in [0.15, 0.2) is 0 Å². The Balaban J connectivity index is 1.57. The van der Waals surface area contributed by atoms with Crippen molar-refractivity contribution in [3.63, 3.8) is 0 Å². The van der Waals surface area contributed by atoms with Gasteiger partial charge in [-0.15, -0.1) is 11.3 Å². The number of hydrogen-bond acceptors (Lipinski definition) is 5. The molecule has 1 aromatic heterocycles. The van der Waals surface area contributed by atoms with Crippen LogP contribution in [0.3, 0.4) is 0 Å². The summed E-state index contributed by atoms with van der Waals surface area (Å²) in [6.45, 7) is 2.71. The average Bonchev–Trinajstić information content (AvgIpc) is 3.07. The third-order valence-electron chi connectivity index (χ3n) is 3.51. The largest absolute Gasteiger partial charge is 0.486 e. The second-order valence-corrected chi connectivity index (χ2v) is 6.43. The van der Waals surface area contributed by atoms with E-state index in [4.69, 9.17) is 15.2 Å². The van der Waals surface area contributed by atoms with Gasteiger partial charge in [-0.25, -0.2) is 4.98 Å². The highest BCUT2D eigenvalue weighted by atomic mass is 32.1. The number of aryl methyl sites for hydroxylation is 1. The van der Waals surface area contributed by atoms with E-state index in [2.05, 4.69) is 4.98 Å². The van der Waals surface area contributed by atoms with Gasteiger partial charge in [-0.3, -0.25) is 4.79 Å². The van der Waals surface area contributed by atoms with Crippen molar-refractivity contribution >= 4 is 17.2 Å². The predicted octanol–water partition coefficient (Wildman–Crippen LogP) is 3.71. The number of thiazole rings is 1. The van der Waals surface area contributed by atoms with Crippen LogP contribution in [0.5, 0.6) is 11.5 Å². The molecule has 0 spiro atoms. The molecular weight excluding hydrogens is 336 g/mol. The Hall–Kier alpha value is -2.86. The van der Waals surface area contributed by atoms with Crippen molar-refractivity contribution in [2.75, 3.05) is 0 Å². The average molecular weight is 354 g/mol. The normalized spacial score (nSPS) is 10.4. The lowest BCUT2D eigenvalue weighted by atomic mass is 10.2. The van der Waals surface area contributed by atoms with E-state index in [0.717, 1.165) is 16.5 Å².